The Hall–Kier alpha value is -1.78. The average Bonchev–Trinajstić information content (AvgIpc) is 2.36. The second-order valence-electron chi connectivity index (χ2n) is 4.27. The molecule has 0 aliphatic carbocycles. The maximum absolute atomic E-state index is 13.4. The molecule has 2 aromatic rings. The molecule has 2 rings (SSSR count). The van der Waals surface area contributed by atoms with E-state index in [2.05, 4.69) is 5.32 Å². The Morgan fingerprint density at radius 3 is 2.55 bits per heavy atom. The summed E-state index contributed by atoms with van der Waals surface area (Å²) in [5.41, 5.74) is 6.88. The molecule has 3 nitrogen and oxygen atoms in total. The normalized spacial score (nSPS) is 10.4. The second-order valence-corrected chi connectivity index (χ2v) is 5.11. The lowest BCUT2D eigenvalue weighted by molar-refractivity contribution is 0.102. The number of hydrogen-bond donors (Lipinski definition) is 2. The maximum atomic E-state index is 13.4. The molecule has 0 atom stereocenters. The summed E-state index contributed by atoms with van der Waals surface area (Å²) in [4.78, 5) is 12.0. The van der Waals surface area contributed by atoms with Crippen LogP contribution in [0.3, 0.4) is 0 Å². The molecule has 2 aromatic carbocycles. The first-order chi connectivity index (χ1) is 9.38. The topological polar surface area (TPSA) is 55.1 Å². The summed E-state index contributed by atoms with van der Waals surface area (Å²) in [5.74, 6) is -0.951. The maximum Gasteiger partial charge on any atom is 0.255 e. The van der Waals surface area contributed by atoms with Crippen molar-refractivity contribution in [3.63, 3.8) is 0 Å². The fraction of sp³-hybridized carbons (Fsp3) is 0.0714. The number of nitrogens with one attached hydrogen (secondary N) is 1. The molecule has 0 bridgehead atoms. The highest BCUT2D eigenvalue weighted by Crippen LogP contribution is 2.32. The monoisotopic (exact) mass is 312 g/mol. The van der Waals surface area contributed by atoms with E-state index in [0.717, 1.165) is 6.07 Å². The Morgan fingerprint density at radius 1 is 1.25 bits per heavy atom. The van der Waals surface area contributed by atoms with Crippen molar-refractivity contribution in [2.75, 3.05) is 11.1 Å². The standard InChI is InChI=1S/C14H11Cl2FN2O/c1-7-2-3-8(4-11(7)17)14(20)19-13-10(16)5-9(15)6-12(13)18/h2-6H,18H2,1H3,(H,19,20). The van der Waals surface area contributed by atoms with Crippen molar-refractivity contribution in [1.29, 1.82) is 0 Å². The van der Waals surface area contributed by atoms with Crippen LogP contribution in [0.4, 0.5) is 15.8 Å². The number of halogens is 3. The molecule has 0 fully saturated rings. The van der Waals surface area contributed by atoms with Gasteiger partial charge in [-0.05, 0) is 36.8 Å². The Bertz CT molecular complexity index is 666. The Balaban J connectivity index is 2.30. The van der Waals surface area contributed by atoms with Crippen molar-refractivity contribution in [1.82, 2.24) is 0 Å². The van der Waals surface area contributed by atoms with Crippen molar-refractivity contribution in [3.05, 3.63) is 57.3 Å². The van der Waals surface area contributed by atoms with Crippen LogP contribution in [0, 0.1) is 12.7 Å². The van der Waals surface area contributed by atoms with Crippen molar-refractivity contribution in [2.24, 2.45) is 0 Å². The van der Waals surface area contributed by atoms with Crippen LogP contribution in [0.25, 0.3) is 0 Å². The summed E-state index contributed by atoms with van der Waals surface area (Å²) in [6.45, 7) is 1.62. The second kappa shape index (κ2) is 5.69. The zero-order valence-corrected chi connectivity index (χ0v) is 12.0. The van der Waals surface area contributed by atoms with Crippen LogP contribution >= 0.6 is 23.2 Å². The summed E-state index contributed by atoms with van der Waals surface area (Å²) in [6, 6.07) is 7.14. The number of benzene rings is 2. The fourth-order valence-corrected chi connectivity index (χ4v) is 2.20. The van der Waals surface area contributed by atoms with Gasteiger partial charge in [0.25, 0.3) is 5.91 Å². The summed E-state index contributed by atoms with van der Waals surface area (Å²) >= 11 is 11.8. The van der Waals surface area contributed by atoms with E-state index in [1.165, 1.54) is 24.3 Å². The van der Waals surface area contributed by atoms with Crippen LogP contribution in [-0.2, 0) is 0 Å². The van der Waals surface area contributed by atoms with E-state index >= 15 is 0 Å². The largest absolute Gasteiger partial charge is 0.397 e. The molecule has 6 heteroatoms. The summed E-state index contributed by atoms with van der Waals surface area (Å²) in [5, 5.41) is 3.13. The van der Waals surface area contributed by atoms with Gasteiger partial charge in [-0.1, -0.05) is 29.3 Å². The van der Waals surface area contributed by atoms with Crippen LogP contribution in [0.1, 0.15) is 15.9 Å². The predicted molar refractivity (Wildman–Crippen MR) is 80.0 cm³/mol. The Morgan fingerprint density at radius 2 is 1.95 bits per heavy atom. The van der Waals surface area contributed by atoms with Gasteiger partial charge in [-0.3, -0.25) is 4.79 Å². The van der Waals surface area contributed by atoms with Gasteiger partial charge in [0.15, 0.2) is 0 Å². The molecule has 0 aliphatic rings. The molecular formula is C14H11Cl2FN2O. The third-order valence-corrected chi connectivity index (χ3v) is 3.27. The van der Waals surface area contributed by atoms with Crippen molar-refractivity contribution < 1.29 is 9.18 Å². The number of nitrogen functional groups attached to an aromatic ring is 1. The van der Waals surface area contributed by atoms with Gasteiger partial charge in [-0.15, -0.1) is 0 Å². The first-order valence-corrected chi connectivity index (χ1v) is 6.46. The highest BCUT2D eigenvalue weighted by atomic mass is 35.5. The Labute approximate surface area is 125 Å². The van der Waals surface area contributed by atoms with Crippen LogP contribution in [0.2, 0.25) is 10.0 Å². The molecule has 0 aromatic heterocycles. The van der Waals surface area contributed by atoms with E-state index in [-0.39, 0.29) is 22.0 Å². The summed E-state index contributed by atoms with van der Waals surface area (Å²) in [6.07, 6.45) is 0. The minimum Gasteiger partial charge on any atom is -0.397 e. The summed E-state index contributed by atoms with van der Waals surface area (Å²) < 4.78 is 13.4. The van der Waals surface area contributed by atoms with E-state index in [4.69, 9.17) is 28.9 Å². The smallest absolute Gasteiger partial charge is 0.255 e. The predicted octanol–water partition coefficient (Wildman–Crippen LogP) is 4.28. The lowest BCUT2D eigenvalue weighted by Crippen LogP contribution is -2.14. The SMILES string of the molecule is Cc1ccc(C(=O)Nc2c(N)cc(Cl)cc2Cl)cc1F. The third kappa shape index (κ3) is 3.03. The molecule has 20 heavy (non-hydrogen) atoms. The van der Waals surface area contributed by atoms with Gasteiger partial charge < -0.3 is 11.1 Å². The third-order valence-electron chi connectivity index (χ3n) is 2.76. The number of carbonyl (C=O) groups excluding carboxylic acids is 1. The zero-order chi connectivity index (χ0) is 14.9. The van der Waals surface area contributed by atoms with Crippen molar-refractivity contribution in [2.45, 2.75) is 6.92 Å². The molecule has 104 valence electrons. The minimum absolute atomic E-state index is 0.179. The quantitative estimate of drug-likeness (QED) is 0.813. The zero-order valence-electron chi connectivity index (χ0n) is 10.5. The van der Waals surface area contributed by atoms with E-state index in [1.54, 1.807) is 6.92 Å². The number of carbonyl (C=O) groups is 1. The van der Waals surface area contributed by atoms with Crippen LogP contribution < -0.4 is 11.1 Å². The van der Waals surface area contributed by atoms with Crippen LogP contribution in [0.15, 0.2) is 30.3 Å². The van der Waals surface area contributed by atoms with Crippen LogP contribution in [0.5, 0.6) is 0 Å². The van der Waals surface area contributed by atoms with Gasteiger partial charge in [0.05, 0.1) is 16.4 Å². The average molecular weight is 313 g/mol. The minimum atomic E-state index is -0.500. The van der Waals surface area contributed by atoms with Crippen molar-refractivity contribution >= 4 is 40.5 Å². The van der Waals surface area contributed by atoms with Crippen LogP contribution in [-0.4, -0.2) is 5.91 Å². The molecule has 0 unspecified atom stereocenters. The molecule has 0 aliphatic heterocycles. The fourth-order valence-electron chi connectivity index (χ4n) is 1.65. The number of anilines is 2. The first kappa shape index (κ1) is 14.6. The lowest BCUT2D eigenvalue weighted by Gasteiger charge is -2.11. The van der Waals surface area contributed by atoms with Gasteiger partial charge in [-0.2, -0.15) is 0 Å². The molecule has 0 saturated carbocycles. The van der Waals surface area contributed by atoms with E-state index < -0.39 is 11.7 Å². The first-order valence-electron chi connectivity index (χ1n) is 5.70. The highest BCUT2D eigenvalue weighted by molar-refractivity contribution is 6.37. The number of hydrogen-bond acceptors (Lipinski definition) is 2. The van der Waals surface area contributed by atoms with Gasteiger partial charge in [0, 0.05) is 10.6 Å². The molecule has 3 N–H and O–H groups in total. The molecule has 0 radical (unpaired) electrons. The molecular weight excluding hydrogens is 302 g/mol. The van der Waals surface area contributed by atoms with Gasteiger partial charge in [0.1, 0.15) is 5.82 Å². The van der Waals surface area contributed by atoms with Crippen molar-refractivity contribution in [3.8, 4) is 0 Å². The summed E-state index contributed by atoms with van der Waals surface area (Å²) in [7, 11) is 0. The number of amides is 1. The molecule has 0 saturated heterocycles. The van der Waals surface area contributed by atoms with E-state index in [0.29, 0.717) is 10.6 Å². The van der Waals surface area contributed by atoms with E-state index in [9.17, 15) is 9.18 Å². The van der Waals surface area contributed by atoms with Gasteiger partial charge >= 0.3 is 0 Å². The highest BCUT2D eigenvalue weighted by Gasteiger charge is 2.13. The molecule has 1 amide bonds. The molecule has 0 spiro atoms. The van der Waals surface area contributed by atoms with E-state index in [1.807, 2.05) is 0 Å². The molecule has 0 heterocycles. The lowest BCUT2D eigenvalue weighted by atomic mass is 10.1. The Kier molecular flexibility index (Phi) is 4.16. The van der Waals surface area contributed by atoms with Gasteiger partial charge in [0.2, 0.25) is 0 Å². The number of nitrogens with two attached hydrogens (primary N) is 1. The number of rotatable bonds is 2. The number of aryl methyl sites for hydroxylation is 1. The van der Waals surface area contributed by atoms with Gasteiger partial charge in [-0.25, -0.2) is 4.39 Å².